The van der Waals surface area contributed by atoms with Gasteiger partial charge in [-0.1, -0.05) is 70.4 Å². The SMILES string of the molecule is CCCCCCCC/C=C\CCCCCCCC(=O)OOC(C)C. The molecule has 3 nitrogen and oxygen atoms in total. The van der Waals surface area contributed by atoms with Gasteiger partial charge in [0, 0.05) is 6.42 Å². The molecule has 0 aromatic rings. The van der Waals surface area contributed by atoms with Gasteiger partial charge >= 0.3 is 5.97 Å². The minimum Gasteiger partial charge on any atom is -0.298 e. The molecule has 0 aromatic heterocycles. The first-order valence-electron chi connectivity index (χ1n) is 10.2. The molecule has 0 heterocycles. The van der Waals surface area contributed by atoms with Gasteiger partial charge in [0.15, 0.2) is 0 Å². The Morgan fingerprint density at radius 3 is 1.83 bits per heavy atom. The number of hydrogen-bond acceptors (Lipinski definition) is 3. The number of carbonyl (C=O) groups excluding carboxylic acids is 1. The topological polar surface area (TPSA) is 35.5 Å². The normalized spacial score (nSPS) is 11.5. The van der Waals surface area contributed by atoms with Gasteiger partial charge in [-0.05, 0) is 46.0 Å². The van der Waals surface area contributed by atoms with Gasteiger partial charge in [0.2, 0.25) is 0 Å². The first kappa shape index (κ1) is 23.2. The van der Waals surface area contributed by atoms with E-state index in [1.807, 2.05) is 13.8 Å². The van der Waals surface area contributed by atoms with Crippen molar-refractivity contribution in [3.05, 3.63) is 12.2 Å². The number of unbranched alkanes of at least 4 members (excludes halogenated alkanes) is 11. The summed E-state index contributed by atoms with van der Waals surface area (Å²) < 4.78 is 0. The van der Waals surface area contributed by atoms with E-state index in [-0.39, 0.29) is 12.1 Å². The zero-order valence-electron chi connectivity index (χ0n) is 16.4. The van der Waals surface area contributed by atoms with Crippen molar-refractivity contribution in [2.24, 2.45) is 0 Å². The van der Waals surface area contributed by atoms with Gasteiger partial charge in [0.25, 0.3) is 0 Å². The van der Waals surface area contributed by atoms with E-state index in [1.165, 1.54) is 70.6 Å². The Kier molecular flexibility index (Phi) is 17.9. The van der Waals surface area contributed by atoms with Crippen LogP contribution in [-0.2, 0) is 14.6 Å². The highest BCUT2D eigenvalue weighted by molar-refractivity contribution is 5.68. The van der Waals surface area contributed by atoms with Crippen LogP contribution < -0.4 is 0 Å². The number of rotatable bonds is 17. The molecule has 0 aromatic carbocycles. The monoisotopic (exact) mass is 340 g/mol. The van der Waals surface area contributed by atoms with Crippen LogP contribution in [0.3, 0.4) is 0 Å². The van der Waals surface area contributed by atoms with Crippen molar-refractivity contribution in [3.8, 4) is 0 Å². The van der Waals surface area contributed by atoms with Crippen molar-refractivity contribution in [3.63, 3.8) is 0 Å². The minimum absolute atomic E-state index is 0.0666. The van der Waals surface area contributed by atoms with Gasteiger partial charge in [-0.15, -0.1) is 0 Å². The van der Waals surface area contributed by atoms with Crippen LogP contribution in [0.15, 0.2) is 12.2 Å². The van der Waals surface area contributed by atoms with Crippen LogP contribution in [-0.4, -0.2) is 12.1 Å². The van der Waals surface area contributed by atoms with E-state index >= 15 is 0 Å². The van der Waals surface area contributed by atoms with Gasteiger partial charge in [0.05, 0.1) is 6.10 Å². The zero-order valence-corrected chi connectivity index (χ0v) is 16.4. The molecule has 142 valence electrons. The summed E-state index contributed by atoms with van der Waals surface area (Å²) in [4.78, 5) is 20.8. The molecule has 0 aliphatic carbocycles. The molecule has 0 saturated carbocycles. The van der Waals surface area contributed by atoms with E-state index in [1.54, 1.807) is 0 Å². The van der Waals surface area contributed by atoms with Gasteiger partial charge < -0.3 is 0 Å². The Morgan fingerprint density at radius 2 is 1.29 bits per heavy atom. The van der Waals surface area contributed by atoms with E-state index in [0.29, 0.717) is 6.42 Å². The predicted molar refractivity (Wildman–Crippen MR) is 102 cm³/mol. The molecule has 24 heavy (non-hydrogen) atoms. The molecule has 0 unspecified atom stereocenters. The fourth-order valence-corrected chi connectivity index (χ4v) is 2.53. The standard InChI is InChI=1S/C21H40O3/c1-4-5-6-7-8-9-10-11-12-13-14-15-16-17-18-19-21(22)24-23-20(2)3/h11-12,20H,4-10,13-19H2,1-3H3/b12-11-. The lowest BCUT2D eigenvalue weighted by atomic mass is 10.1. The van der Waals surface area contributed by atoms with E-state index in [2.05, 4.69) is 24.0 Å². The van der Waals surface area contributed by atoms with Gasteiger partial charge in [-0.3, -0.25) is 4.89 Å². The van der Waals surface area contributed by atoms with Gasteiger partial charge in [0.1, 0.15) is 0 Å². The molecule has 0 spiro atoms. The summed E-state index contributed by atoms with van der Waals surface area (Å²) in [7, 11) is 0. The summed E-state index contributed by atoms with van der Waals surface area (Å²) in [6.45, 7) is 5.95. The molecule has 0 radical (unpaired) electrons. The lowest BCUT2D eigenvalue weighted by Gasteiger charge is -2.05. The second kappa shape index (κ2) is 18.5. The molecule has 0 aliphatic rings. The Labute approximate surface area is 150 Å². The zero-order chi connectivity index (χ0) is 17.9. The van der Waals surface area contributed by atoms with Crippen molar-refractivity contribution in [1.29, 1.82) is 0 Å². The Balaban J connectivity index is 3.19. The first-order chi connectivity index (χ1) is 11.7. The van der Waals surface area contributed by atoms with Crippen LogP contribution in [0.4, 0.5) is 0 Å². The summed E-state index contributed by atoms with van der Waals surface area (Å²) in [6, 6.07) is 0. The van der Waals surface area contributed by atoms with E-state index in [4.69, 9.17) is 4.89 Å². The third-order valence-corrected chi connectivity index (χ3v) is 3.98. The highest BCUT2D eigenvalue weighted by Crippen LogP contribution is 2.10. The largest absolute Gasteiger partial charge is 0.342 e. The summed E-state index contributed by atoms with van der Waals surface area (Å²) in [5, 5.41) is 0. The fourth-order valence-electron chi connectivity index (χ4n) is 2.53. The molecule has 0 N–H and O–H groups in total. The summed E-state index contributed by atoms with van der Waals surface area (Å²) in [5.74, 6) is -0.249. The Morgan fingerprint density at radius 1 is 0.792 bits per heavy atom. The molecular formula is C21H40O3. The fraction of sp³-hybridized carbons (Fsp3) is 0.857. The summed E-state index contributed by atoms with van der Waals surface area (Å²) in [5.41, 5.74) is 0. The van der Waals surface area contributed by atoms with Gasteiger partial charge in [-0.25, -0.2) is 4.79 Å². The lowest BCUT2D eigenvalue weighted by Crippen LogP contribution is -2.10. The molecular weight excluding hydrogens is 300 g/mol. The minimum atomic E-state index is -0.249. The molecule has 0 amide bonds. The van der Waals surface area contributed by atoms with Crippen LogP contribution in [0.5, 0.6) is 0 Å². The third-order valence-electron chi connectivity index (χ3n) is 3.98. The second-order valence-electron chi connectivity index (χ2n) is 6.93. The number of hydrogen-bond donors (Lipinski definition) is 0. The van der Waals surface area contributed by atoms with Crippen LogP contribution in [0.2, 0.25) is 0 Å². The molecule has 0 fully saturated rings. The van der Waals surface area contributed by atoms with E-state index < -0.39 is 0 Å². The van der Waals surface area contributed by atoms with Crippen LogP contribution >= 0.6 is 0 Å². The molecule has 0 saturated heterocycles. The number of allylic oxidation sites excluding steroid dienone is 2. The maximum Gasteiger partial charge on any atom is 0.342 e. The third kappa shape index (κ3) is 19.2. The maximum absolute atomic E-state index is 11.3. The summed E-state index contributed by atoms with van der Waals surface area (Å²) >= 11 is 0. The molecule has 0 atom stereocenters. The first-order valence-corrected chi connectivity index (χ1v) is 10.2. The Bertz CT molecular complexity index is 297. The van der Waals surface area contributed by atoms with Crippen molar-refractivity contribution < 1.29 is 14.6 Å². The molecule has 0 rings (SSSR count). The quantitative estimate of drug-likeness (QED) is 0.125. The maximum atomic E-state index is 11.3. The average molecular weight is 341 g/mol. The van der Waals surface area contributed by atoms with Crippen molar-refractivity contribution in [2.45, 2.75) is 117 Å². The number of carbonyl (C=O) groups is 1. The van der Waals surface area contributed by atoms with Gasteiger partial charge in [-0.2, -0.15) is 4.89 Å². The molecule has 0 bridgehead atoms. The smallest absolute Gasteiger partial charge is 0.298 e. The van der Waals surface area contributed by atoms with Crippen molar-refractivity contribution >= 4 is 5.97 Å². The average Bonchev–Trinajstić information content (AvgIpc) is 2.56. The summed E-state index contributed by atoms with van der Waals surface area (Å²) in [6.07, 6.45) is 21.5. The van der Waals surface area contributed by atoms with E-state index in [9.17, 15) is 4.79 Å². The van der Waals surface area contributed by atoms with Crippen LogP contribution in [0.1, 0.15) is 111 Å². The van der Waals surface area contributed by atoms with Crippen LogP contribution in [0, 0.1) is 0 Å². The molecule has 3 heteroatoms. The lowest BCUT2D eigenvalue weighted by molar-refractivity contribution is -0.291. The van der Waals surface area contributed by atoms with Crippen LogP contribution in [0.25, 0.3) is 0 Å². The van der Waals surface area contributed by atoms with Crippen molar-refractivity contribution in [2.75, 3.05) is 0 Å². The molecule has 0 aliphatic heterocycles. The Hall–Kier alpha value is -0.830. The second-order valence-corrected chi connectivity index (χ2v) is 6.93. The predicted octanol–water partition coefficient (Wildman–Crippen LogP) is 6.91. The van der Waals surface area contributed by atoms with E-state index in [0.717, 1.165) is 12.8 Å². The highest BCUT2D eigenvalue weighted by atomic mass is 17.2. The highest BCUT2D eigenvalue weighted by Gasteiger charge is 2.04. The van der Waals surface area contributed by atoms with Crippen molar-refractivity contribution in [1.82, 2.24) is 0 Å².